The smallest absolute Gasteiger partial charge is 0.116 e. The van der Waals surface area contributed by atoms with Crippen LogP contribution < -0.4 is 0 Å². The topological polar surface area (TPSA) is 12.5 Å². The first-order valence-corrected chi connectivity index (χ1v) is 6.32. The van der Waals surface area contributed by atoms with Crippen molar-refractivity contribution >= 4 is 0 Å². The molecule has 0 N–H and O–H groups in total. The van der Waals surface area contributed by atoms with Crippen LogP contribution in [0.4, 0.5) is 4.39 Å². The first-order valence-electron chi connectivity index (χ1n) is 6.32. The minimum Gasteiger partial charge on any atom is -0.371 e. The predicted octanol–water partition coefficient (Wildman–Crippen LogP) is 3.72. The highest BCUT2D eigenvalue weighted by atomic mass is 19.1. The van der Waals surface area contributed by atoms with Gasteiger partial charge in [-0.25, -0.2) is 4.39 Å². The van der Waals surface area contributed by atoms with Crippen LogP contribution in [0.15, 0.2) is 36.7 Å². The van der Waals surface area contributed by atoms with E-state index in [0.717, 1.165) is 25.0 Å². The first-order chi connectivity index (χ1) is 8.31. The van der Waals surface area contributed by atoms with E-state index in [2.05, 4.69) is 18.1 Å². The average Bonchev–Trinajstić information content (AvgIpc) is 2.25. The third-order valence-corrected chi connectivity index (χ3v) is 2.87. The molecule has 0 heterocycles. The Labute approximate surface area is 111 Å². The Bertz CT molecular complexity index is 310. The maximum Gasteiger partial charge on any atom is 0.116 e. The van der Waals surface area contributed by atoms with Gasteiger partial charge in [-0.15, -0.1) is 0 Å². The Hall–Kier alpha value is -0.930. The molecule has 0 bridgehead atoms. The van der Waals surface area contributed by atoms with Crippen molar-refractivity contribution in [1.82, 2.24) is 4.90 Å². The van der Waals surface area contributed by atoms with E-state index >= 15 is 0 Å². The molecule has 0 rings (SSSR count). The number of ether oxygens (including phenoxy) is 1. The fourth-order valence-electron chi connectivity index (χ4n) is 1.74. The molecule has 0 aliphatic rings. The fourth-order valence-corrected chi connectivity index (χ4v) is 1.74. The van der Waals surface area contributed by atoms with Crippen molar-refractivity contribution in [2.24, 2.45) is 0 Å². The number of halogens is 1. The predicted molar refractivity (Wildman–Crippen MR) is 76.3 cm³/mol. The van der Waals surface area contributed by atoms with Crippen molar-refractivity contribution in [2.75, 3.05) is 27.2 Å². The summed E-state index contributed by atoms with van der Waals surface area (Å²) in [4.78, 5) is 2.13. The van der Waals surface area contributed by atoms with Crippen LogP contribution in [0, 0.1) is 0 Å². The second-order valence-electron chi connectivity index (χ2n) is 4.88. The molecule has 18 heavy (non-hydrogen) atoms. The number of hydrogen-bond acceptors (Lipinski definition) is 2. The van der Waals surface area contributed by atoms with Gasteiger partial charge in [0.15, 0.2) is 0 Å². The monoisotopic (exact) mass is 255 g/mol. The largest absolute Gasteiger partial charge is 0.371 e. The summed E-state index contributed by atoms with van der Waals surface area (Å²) in [5.41, 5.74) is 0.346. The maximum absolute atomic E-state index is 12.6. The number of nitrogens with zero attached hydrogens (tertiary/aromatic N) is 1. The SMILES string of the molecule is C=C(F)/C=C\C(=C)C(C)(CCCN(C)C)OCC. The molecule has 1 unspecified atom stereocenters. The van der Waals surface area contributed by atoms with Gasteiger partial charge in [0.05, 0.1) is 5.60 Å². The van der Waals surface area contributed by atoms with Crippen LogP contribution in [0.3, 0.4) is 0 Å². The van der Waals surface area contributed by atoms with Gasteiger partial charge in [0, 0.05) is 6.61 Å². The fraction of sp³-hybridized carbons (Fsp3) is 0.600. The van der Waals surface area contributed by atoms with Gasteiger partial charge < -0.3 is 9.64 Å². The van der Waals surface area contributed by atoms with Crippen molar-refractivity contribution in [1.29, 1.82) is 0 Å². The highest BCUT2D eigenvalue weighted by Crippen LogP contribution is 2.27. The molecule has 0 saturated carbocycles. The van der Waals surface area contributed by atoms with Crippen LogP contribution >= 0.6 is 0 Å². The van der Waals surface area contributed by atoms with Gasteiger partial charge in [-0.05, 0) is 59.0 Å². The lowest BCUT2D eigenvalue weighted by Gasteiger charge is -2.31. The van der Waals surface area contributed by atoms with Crippen LogP contribution in [-0.2, 0) is 4.74 Å². The zero-order valence-corrected chi connectivity index (χ0v) is 12.1. The number of allylic oxidation sites excluding steroid dienone is 2. The van der Waals surface area contributed by atoms with E-state index in [1.807, 2.05) is 27.9 Å². The van der Waals surface area contributed by atoms with Crippen LogP contribution in [0.25, 0.3) is 0 Å². The van der Waals surface area contributed by atoms with E-state index in [4.69, 9.17) is 4.74 Å². The molecular weight excluding hydrogens is 229 g/mol. The molecule has 2 nitrogen and oxygen atoms in total. The molecule has 0 spiro atoms. The van der Waals surface area contributed by atoms with E-state index in [1.54, 1.807) is 6.08 Å². The molecule has 104 valence electrons. The summed E-state index contributed by atoms with van der Waals surface area (Å²) in [7, 11) is 4.08. The van der Waals surface area contributed by atoms with Gasteiger partial charge in [0.1, 0.15) is 5.83 Å². The van der Waals surface area contributed by atoms with E-state index in [1.165, 1.54) is 6.08 Å². The minimum atomic E-state index is -0.469. The van der Waals surface area contributed by atoms with Crippen molar-refractivity contribution < 1.29 is 9.13 Å². The molecule has 0 aliphatic heterocycles. The molecule has 0 saturated heterocycles. The summed E-state index contributed by atoms with van der Waals surface area (Å²) in [6.07, 6.45) is 4.84. The lowest BCUT2D eigenvalue weighted by Crippen LogP contribution is -2.31. The van der Waals surface area contributed by atoms with Crippen LogP contribution in [-0.4, -0.2) is 37.7 Å². The Kier molecular flexibility index (Phi) is 7.80. The minimum absolute atomic E-state index is 0.434. The Balaban J connectivity index is 4.58. The zero-order valence-electron chi connectivity index (χ0n) is 12.1. The molecule has 3 heteroatoms. The second kappa shape index (κ2) is 8.22. The van der Waals surface area contributed by atoms with Crippen LogP contribution in [0.5, 0.6) is 0 Å². The average molecular weight is 255 g/mol. The van der Waals surface area contributed by atoms with E-state index in [9.17, 15) is 4.39 Å². The third kappa shape index (κ3) is 6.72. The zero-order chi connectivity index (χ0) is 14.2. The second-order valence-corrected chi connectivity index (χ2v) is 4.88. The number of rotatable bonds is 9. The molecule has 0 aromatic heterocycles. The van der Waals surface area contributed by atoms with E-state index < -0.39 is 11.4 Å². The van der Waals surface area contributed by atoms with Gasteiger partial charge in [-0.1, -0.05) is 19.2 Å². The maximum atomic E-state index is 12.6. The third-order valence-electron chi connectivity index (χ3n) is 2.87. The quantitative estimate of drug-likeness (QED) is 0.582. The lowest BCUT2D eigenvalue weighted by molar-refractivity contribution is -0.00126. The Morgan fingerprint density at radius 2 is 1.94 bits per heavy atom. The molecule has 0 aromatic carbocycles. The van der Waals surface area contributed by atoms with E-state index in [-0.39, 0.29) is 0 Å². The van der Waals surface area contributed by atoms with Crippen molar-refractivity contribution in [3.05, 3.63) is 36.7 Å². The lowest BCUT2D eigenvalue weighted by atomic mass is 9.91. The summed E-state index contributed by atoms with van der Waals surface area (Å²) < 4.78 is 18.4. The van der Waals surface area contributed by atoms with E-state index in [0.29, 0.717) is 6.61 Å². The molecular formula is C15H26FNO. The van der Waals surface area contributed by atoms with Crippen molar-refractivity contribution in [3.63, 3.8) is 0 Å². The standard InChI is InChI=1S/C15H26FNO/c1-7-18-15(4,11-8-12-17(5)6)13(2)9-10-14(3)16/h9-10H,2-3,7-8,11-12H2,1,4-6H3/b10-9-. The van der Waals surface area contributed by atoms with Gasteiger partial charge >= 0.3 is 0 Å². The van der Waals surface area contributed by atoms with Crippen LogP contribution in [0.2, 0.25) is 0 Å². The molecule has 0 aliphatic carbocycles. The van der Waals surface area contributed by atoms with Crippen molar-refractivity contribution in [3.8, 4) is 0 Å². The molecule has 0 radical (unpaired) electrons. The summed E-state index contributed by atoms with van der Waals surface area (Å²) in [5.74, 6) is -0.469. The number of hydrogen-bond donors (Lipinski definition) is 0. The molecule has 0 fully saturated rings. The molecule has 0 amide bonds. The Morgan fingerprint density at radius 3 is 2.39 bits per heavy atom. The van der Waals surface area contributed by atoms with Gasteiger partial charge in [-0.2, -0.15) is 0 Å². The van der Waals surface area contributed by atoms with Crippen molar-refractivity contribution in [2.45, 2.75) is 32.3 Å². The summed E-state index contributed by atoms with van der Waals surface area (Å²) >= 11 is 0. The normalized spacial score (nSPS) is 15.0. The highest BCUT2D eigenvalue weighted by Gasteiger charge is 2.26. The van der Waals surface area contributed by atoms with Gasteiger partial charge in [-0.3, -0.25) is 0 Å². The first kappa shape index (κ1) is 17.1. The molecule has 0 aromatic rings. The summed E-state index contributed by atoms with van der Waals surface area (Å²) in [5, 5.41) is 0. The van der Waals surface area contributed by atoms with Gasteiger partial charge in [0.2, 0.25) is 0 Å². The molecule has 1 atom stereocenters. The van der Waals surface area contributed by atoms with Gasteiger partial charge in [0.25, 0.3) is 0 Å². The highest BCUT2D eigenvalue weighted by molar-refractivity contribution is 5.28. The Morgan fingerprint density at radius 1 is 1.33 bits per heavy atom. The van der Waals surface area contributed by atoms with Crippen LogP contribution in [0.1, 0.15) is 26.7 Å². The summed E-state index contributed by atoms with van der Waals surface area (Å²) in [6, 6.07) is 0. The summed E-state index contributed by atoms with van der Waals surface area (Å²) in [6.45, 7) is 12.7.